The molecule has 80 valence electrons. The molecular formula is C11H11BrFNO. The molecule has 1 aromatic heterocycles. The predicted molar refractivity (Wildman–Crippen MR) is 61.3 cm³/mol. The lowest BCUT2D eigenvalue weighted by atomic mass is 10.2. The predicted octanol–water partition coefficient (Wildman–Crippen LogP) is 3.44. The van der Waals surface area contributed by atoms with Gasteiger partial charge in [-0.05, 0) is 34.6 Å². The Morgan fingerprint density at radius 1 is 1.40 bits per heavy atom. The molecule has 0 saturated heterocycles. The van der Waals surface area contributed by atoms with Crippen molar-refractivity contribution in [2.45, 2.75) is 13.5 Å². The van der Waals surface area contributed by atoms with Gasteiger partial charge in [0.05, 0.1) is 11.0 Å². The van der Waals surface area contributed by atoms with Gasteiger partial charge in [-0.1, -0.05) is 6.92 Å². The molecule has 2 aromatic rings. The molecule has 4 heteroatoms. The van der Waals surface area contributed by atoms with Gasteiger partial charge in [0.15, 0.2) is 0 Å². The van der Waals surface area contributed by atoms with Crippen molar-refractivity contribution in [2.75, 3.05) is 6.54 Å². The molecule has 0 spiro atoms. The third-order valence-corrected chi connectivity index (χ3v) is 2.77. The first-order valence-corrected chi connectivity index (χ1v) is 5.58. The van der Waals surface area contributed by atoms with Crippen molar-refractivity contribution >= 4 is 26.9 Å². The number of hydrogen-bond donors (Lipinski definition) is 1. The lowest BCUT2D eigenvalue weighted by molar-refractivity contribution is 0.517. The average Bonchev–Trinajstić information content (AvgIpc) is 2.58. The Bertz CT molecular complexity index is 442. The van der Waals surface area contributed by atoms with Crippen LogP contribution in [0.4, 0.5) is 4.39 Å². The van der Waals surface area contributed by atoms with E-state index in [2.05, 4.69) is 21.2 Å². The number of halogens is 2. The third-order valence-electron chi connectivity index (χ3n) is 2.16. The minimum absolute atomic E-state index is 0.299. The number of nitrogens with one attached hydrogen (secondary N) is 1. The SMILES string of the molecule is CCNCc1cc2cc(Br)c(F)cc2o1. The van der Waals surface area contributed by atoms with Crippen LogP contribution in [-0.2, 0) is 6.54 Å². The summed E-state index contributed by atoms with van der Waals surface area (Å²) in [6.45, 7) is 3.58. The van der Waals surface area contributed by atoms with Gasteiger partial charge in [-0.25, -0.2) is 4.39 Å². The number of fused-ring (bicyclic) bond motifs is 1. The van der Waals surface area contributed by atoms with Crippen LogP contribution in [0, 0.1) is 5.82 Å². The molecule has 2 rings (SSSR count). The Hall–Kier alpha value is -0.870. The summed E-state index contributed by atoms with van der Waals surface area (Å²) in [4.78, 5) is 0. The Labute approximate surface area is 95.6 Å². The van der Waals surface area contributed by atoms with Crippen LogP contribution in [-0.4, -0.2) is 6.54 Å². The molecule has 0 unspecified atom stereocenters. The van der Waals surface area contributed by atoms with Crippen LogP contribution in [0.25, 0.3) is 11.0 Å². The molecule has 0 aliphatic carbocycles. The van der Waals surface area contributed by atoms with Gasteiger partial charge in [-0.15, -0.1) is 0 Å². The van der Waals surface area contributed by atoms with Crippen LogP contribution < -0.4 is 5.32 Å². The molecule has 1 heterocycles. The largest absolute Gasteiger partial charge is 0.460 e. The van der Waals surface area contributed by atoms with E-state index in [1.54, 1.807) is 6.07 Å². The zero-order valence-corrected chi connectivity index (χ0v) is 9.90. The maximum atomic E-state index is 13.2. The lowest BCUT2D eigenvalue weighted by Gasteiger charge is -1.95. The Morgan fingerprint density at radius 2 is 2.20 bits per heavy atom. The highest BCUT2D eigenvalue weighted by atomic mass is 79.9. The molecule has 0 atom stereocenters. The summed E-state index contributed by atoms with van der Waals surface area (Å²) in [6, 6.07) is 5.04. The molecule has 1 aromatic carbocycles. The molecule has 0 saturated carbocycles. The first kappa shape index (κ1) is 10.6. The average molecular weight is 272 g/mol. The molecule has 15 heavy (non-hydrogen) atoms. The van der Waals surface area contributed by atoms with E-state index in [1.165, 1.54) is 6.07 Å². The molecule has 0 bridgehead atoms. The van der Waals surface area contributed by atoms with Crippen molar-refractivity contribution < 1.29 is 8.81 Å². The van der Waals surface area contributed by atoms with E-state index in [0.29, 0.717) is 16.6 Å². The van der Waals surface area contributed by atoms with E-state index < -0.39 is 0 Å². The monoisotopic (exact) mass is 271 g/mol. The summed E-state index contributed by atoms with van der Waals surface area (Å²) >= 11 is 3.15. The molecule has 0 amide bonds. The maximum Gasteiger partial charge on any atom is 0.141 e. The van der Waals surface area contributed by atoms with Crippen molar-refractivity contribution in [2.24, 2.45) is 0 Å². The summed E-state index contributed by atoms with van der Waals surface area (Å²) in [7, 11) is 0. The lowest BCUT2D eigenvalue weighted by Crippen LogP contribution is -2.10. The first-order valence-electron chi connectivity index (χ1n) is 4.79. The van der Waals surface area contributed by atoms with Gasteiger partial charge in [-0.3, -0.25) is 0 Å². The van der Waals surface area contributed by atoms with Gasteiger partial charge in [0.2, 0.25) is 0 Å². The van der Waals surface area contributed by atoms with Crippen LogP contribution in [0.5, 0.6) is 0 Å². The van der Waals surface area contributed by atoms with Crippen LogP contribution in [0.1, 0.15) is 12.7 Å². The molecular weight excluding hydrogens is 261 g/mol. The fourth-order valence-corrected chi connectivity index (χ4v) is 1.79. The second-order valence-electron chi connectivity index (χ2n) is 3.30. The summed E-state index contributed by atoms with van der Waals surface area (Å²) in [5, 5.41) is 4.07. The highest BCUT2D eigenvalue weighted by molar-refractivity contribution is 9.10. The fourth-order valence-electron chi connectivity index (χ4n) is 1.42. The van der Waals surface area contributed by atoms with E-state index in [-0.39, 0.29) is 5.82 Å². The van der Waals surface area contributed by atoms with Crippen LogP contribution >= 0.6 is 15.9 Å². The van der Waals surface area contributed by atoms with Gasteiger partial charge in [0.25, 0.3) is 0 Å². The zero-order valence-electron chi connectivity index (χ0n) is 8.31. The van der Waals surface area contributed by atoms with Gasteiger partial charge in [-0.2, -0.15) is 0 Å². The van der Waals surface area contributed by atoms with Crippen molar-refractivity contribution in [3.63, 3.8) is 0 Å². The summed E-state index contributed by atoms with van der Waals surface area (Å²) in [5.74, 6) is 0.524. The second-order valence-corrected chi connectivity index (χ2v) is 4.15. The van der Waals surface area contributed by atoms with E-state index in [0.717, 1.165) is 17.7 Å². The normalized spacial score (nSPS) is 11.1. The van der Waals surface area contributed by atoms with Gasteiger partial charge in [0, 0.05) is 11.5 Å². The van der Waals surface area contributed by atoms with Crippen molar-refractivity contribution in [3.05, 3.63) is 34.2 Å². The zero-order chi connectivity index (χ0) is 10.8. The highest BCUT2D eigenvalue weighted by Gasteiger charge is 2.07. The van der Waals surface area contributed by atoms with Gasteiger partial charge < -0.3 is 9.73 Å². The minimum Gasteiger partial charge on any atom is -0.460 e. The smallest absolute Gasteiger partial charge is 0.141 e. The van der Waals surface area contributed by atoms with Crippen molar-refractivity contribution in [1.82, 2.24) is 5.32 Å². The Morgan fingerprint density at radius 3 is 2.93 bits per heavy atom. The number of hydrogen-bond acceptors (Lipinski definition) is 2. The first-order chi connectivity index (χ1) is 7.20. The molecule has 0 fully saturated rings. The second kappa shape index (κ2) is 4.33. The molecule has 0 aliphatic rings. The maximum absolute atomic E-state index is 13.2. The van der Waals surface area contributed by atoms with E-state index in [1.807, 2.05) is 13.0 Å². The number of benzene rings is 1. The van der Waals surface area contributed by atoms with E-state index >= 15 is 0 Å². The quantitative estimate of drug-likeness (QED) is 0.925. The van der Waals surface area contributed by atoms with E-state index in [4.69, 9.17) is 4.42 Å². The molecule has 0 aliphatic heterocycles. The highest BCUT2D eigenvalue weighted by Crippen LogP contribution is 2.25. The van der Waals surface area contributed by atoms with Crippen LogP contribution in [0.2, 0.25) is 0 Å². The fraction of sp³-hybridized carbons (Fsp3) is 0.273. The molecule has 1 N–H and O–H groups in total. The number of rotatable bonds is 3. The number of furan rings is 1. The van der Waals surface area contributed by atoms with Crippen LogP contribution in [0.3, 0.4) is 0 Å². The molecule has 2 nitrogen and oxygen atoms in total. The summed E-state index contributed by atoms with van der Waals surface area (Å²) < 4.78 is 19.1. The van der Waals surface area contributed by atoms with Gasteiger partial charge in [0.1, 0.15) is 17.2 Å². The summed E-state index contributed by atoms with van der Waals surface area (Å²) in [5.41, 5.74) is 0.587. The summed E-state index contributed by atoms with van der Waals surface area (Å²) in [6.07, 6.45) is 0. The molecule has 0 radical (unpaired) electrons. The topological polar surface area (TPSA) is 25.2 Å². The van der Waals surface area contributed by atoms with Crippen LogP contribution in [0.15, 0.2) is 27.1 Å². The van der Waals surface area contributed by atoms with Gasteiger partial charge >= 0.3 is 0 Å². The van der Waals surface area contributed by atoms with E-state index in [9.17, 15) is 4.39 Å². The Kier molecular flexibility index (Phi) is 3.07. The standard InChI is InChI=1S/C11H11BrFNO/c1-2-14-6-8-3-7-4-9(12)10(13)5-11(7)15-8/h3-5,14H,2,6H2,1H3. The minimum atomic E-state index is -0.299. The third kappa shape index (κ3) is 2.21. The van der Waals surface area contributed by atoms with Crippen molar-refractivity contribution in [1.29, 1.82) is 0 Å². The Balaban J connectivity index is 2.38. The van der Waals surface area contributed by atoms with Crippen molar-refractivity contribution in [3.8, 4) is 0 Å².